The van der Waals surface area contributed by atoms with Crippen molar-refractivity contribution >= 4 is 63.1 Å². The van der Waals surface area contributed by atoms with Crippen LogP contribution in [0.2, 0.25) is 10.0 Å². The highest BCUT2D eigenvalue weighted by Gasteiger charge is 2.31. The molecular formula is C22H25Cl2N3O4S. The number of aliphatic carboxylic acids is 1. The van der Waals surface area contributed by atoms with Crippen LogP contribution in [0.1, 0.15) is 53.9 Å². The number of halogens is 2. The molecule has 0 fully saturated rings. The number of carboxylic acids is 1. The van der Waals surface area contributed by atoms with Crippen molar-refractivity contribution in [2.24, 2.45) is 5.92 Å². The van der Waals surface area contributed by atoms with Crippen LogP contribution >= 0.6 is 34.5 Å². The summed E-state index contributed by atoms with van der Waals surface area (Å²) >= 11 is 13.6. The molecule has 3 rings (SSSR count). The van der Waals surface area contributed by atoms with Crippen LogP contribution < -0.4 is 16.0 Å². The third-order valence-corrected chi connectivity index (χ3v) is 7.43. The summed E-state index contributed by atoms with van der Waals surface area (Å²) in [5.41, 5.74) is 1.47. The largest absolute Gasteiger partial charge is 0.480 e. The first-order chi connectivity index (χ1) is 15.2. The Morgan fingerprint density at radius 2 is 1.78 bits per heavy atom. The van der Waals surface area contributed by atoms with Crippen LogP contribution in [-0.2, 0) is 17.6 Å². The molecule has 0 radical (unpaired) electrons. The van der Waals surface area contributed by atoms with E-state index < -0.39 is 23.9 Å². The molecule has 2 aromatic rings. The standard InChI is InChI=1S/C22H25Cl2N3O4S/c1-3-11(2)17(21(29)30)25-19(28)16-12-7-4-5-10-15(12)32-20(16)27-22(31)26-18-13(23)8-6-9-14(18)24/h6,8-9,11,17H,3-5,7,10H2,1-2H3,(H,25,28)(H,29,30)(H2,26,27,31)/t11-,17-/m0/s1. The second-order valence-corrected chi connectivity index (χ2v) is 9.69. The van der Waals surface area contributed by atoms with Gasteiger partial charge in [0, 0.05) is 4.88 Å². The number of urea groups is 1. The Kier molecular flexibility index (Phi) is 8.03. The predicted molar refractivity (Wildman–Crippen MR) is 128 cm³/mol. The van der Waals surface area contributed by atoms with E-state index in [1.165, 1.54) is 11.3 Å². The lowest BCUT2D eigenvalue weighted by Crippen LogP contribution is -2.45. The fourth-order valence-electron chi connectivity index (χ4n) is 3.66. The minimum Gasteiger partial charge on any atom is -0.480 e. The smallest absolute Gasteiger partial charge is 0.326 e. The number of fused-ring (bicyclic) bond motifs is 1. The highest BCUT2D eigenvalue weighted by atomic mass is 35.5. The van der Waals surface area contributed by atoms with Crippen LogP contribution in [0.25, 0.3) is 0 Å². The predicted octanol–water partition coefficient (Wildman–Crippen LogP) is 5.81. The van der Waals surface area contributed by atoms with Gasteiger partial charge < -0.3 is 15.7 Å². The molecule has 10 heteroatoms. The Labute approximate surface area is 200 Å². The molecule has 0 saturated carbocycles. The number of carbonyl (C=O) groups is 3. The average molecular weight is 498 g/mol. The molecule has 7 nitrogen and oxygen atoms in total. The van der Waals surface area contributed by atoms with Gasteiger partial charge in [-0.15, -0.1) is 11.3 Å². The molecule has 1 aliphatic rings. The Hall–Kier alpha value is -2.29. The van der Waals surface area contributed by atoms with Crippen molar-refractivity contribution in [1.29, 1.82) is 0 Å². The normalized spacial score (nSPS) is 14.8. The molecule has 1 aromatic heterocycles. The molecule has 1 aromatic carbocycles. The first-order valence-corrected chi connectivity index (χ1v) is 12.0. The van der Waals surface area contributed by atoms with Gasteiger partial charge in [0.15, 0.2) is 0 Å². The molecule has 1 aliphatic carbocycles. The van der Waals surface area contributed by atoms with Crippen LogP contribution in [0.4, 0.5) is 15.5 Å². The maximum absolute atomic E-state index is 13.2. The van der Waals surface area contributed by atoms with Crippen LogP contribution in [0.3, 0.4) is 0 Å². The molecule has 0 unspecified atom stereocenters. The topological polar surface area (TPSA) is 108 Å². The summed E-state index contributed by atoms with van der Waals surface area (Å²) in [4.78, 5) is 38.6. The second-order valence-electron chi connectivity index (χ2n) is 7.77. The zero-order valence-electron chi connectivity index (χ0n) is 17.8. The highest BCUT2D eigenvalue weighted by molar-refractivity contribution is 7.17. The third-order valence-electron chi connectivity index (χ3n) is 5.59. The number of carboxylic acid groups (broad SMARTS) is 1. The van der Waals surface area contributed by atoms with Crippen molar-refractivity contribution in [2.45, 2.75) is 52.0 Å². The van der Waals surface area contributed by atoms with Gasteiger partial charge in [0.1, 0.15) is 11.0 Å². The van der Waals surface area contributed by atoms with Gasteiger partial charge in [-0.25, -0.2) is 9.59 Å². The minimum absolute atomic E-state index is 0.243. The monoisotopic (exact) mass is 497 g/mol. The molecule has 1 heterocycles. The van der Waals surface area contributed by atoms with Crippen LogP contribution in [0, 0.1) is 5.92 Å². The van der Waals surface area contributed by atoms with Crippen molar-refractivity contribution in [2.75, 3.05) is 10.6 Å². The molecule has 0 bridgehead atoms. The summed E-state index contributed by atoms with van der Waals surface area (Å²) < 4.78 is 0. The second kappa shape index (κ2) is 10.6. The summed E-state index contributed by atoms with van der Waals surface area (Å²) in [6.45, 7) is 3.65. The van der Waals surface area contributed by atoms with E-state index >= 15 is 0 Å². The summed E-state index contributed by atoms with van der Waals surface area (Å²) in [6.07, 6.45) is 4.05. The number of para-hydroxylation sites is 1. The van der Waals surface area contributed by atoms with Crippen LogP contribution in [0.5, 0.6) is 0 Å². The molecular weight excluding hydrogens is 473 g/mol. The number of carbonyl (C=O) groups excluding carboxylic acids is 2. The first-order valence-electron chi connectivity index (χ1n) is 10.4. The van der Waals surface area contributed by atoms with E-state index in [9.17, 15) is 19.5 Å². The fourth-order valence-corrected chi connectivity index (χ4v) is 5.43. The molecule has 3 amide bonds. The van der Waals surface area contributed by atoms with E-state index in [0.717, 1.165) is 29.7 Å². The van der Waals surface area contributed by atoms with Crippen molar-refractivity contribution in [3.63, 3.8) is 0 Å². The van der Waals surface area contributed by atoms with Crippen LogP contribution in [-0.4, -0.2) is 29.1 Å². The highest BCUT2D eigenvalue weighted by Crippen LogP contribution is 2.38. The number of thiophene rings is 1. The first kappa shape index (κ1) is 24.4. The van der Waals surface area contributed by atoms with E-state index in [0.29, 0.717) is 23.4 Å². The maximum Gasteiger partial charge on any atom is 0.326 e. The summed E-state index contributed by atoms with van der Waals surface area (Å²) in [7, 11) is 0. The van der Waals surface area contributed by atoms with Gasteiger partial charge >= 0.3 is 12.0 Å². The summed E-state index contributed by atoms with van der Waals surface area (Å²) in [6, 6.07) is 3.26. The van der Waals surface area contributed by atoms with Gasteiger partial charge in [-0.2, -0.15) is 0 Å². The van der Waals surface area contributed by atoms with E-state index in [2.05, 4.69) is 16.0 Å². The maximum atomic E-state index is 13.2. The van der Waals surface area contributed by atoms with E-state index in [1.807, 2.05) is 6.92 Å². The Bertz CT molecular complexity index is 1020. The molecule has 172 valence electrons. The van der Waals surface area contributed by atoms with E-state index in [-0.39, 0.29) is 21.7 Å². The molecule has 4 N–H and O–H groups in total. The number of nitrogens with one attached hydrogen (secondary N) is 3. The number of rotatable bonds is 7. The van der Waals surface area contributed by atoms with Gasteiger partial charge in [-0.3, -0.25) is 10.1 Å². The number of anilines is 2. The summed E-state index contributed by atoms with van der Waals surface area (Å²) in [5, 5.41) is 18.5. The Morgan fingerprint density at radius 1 is 1.12 bits per heavy atom. The number of hydrogen-bond donors (Lipinski definition) is 4. The molecule has 0 saturated heterocycles. The Balaban J connectivity index is 1.88. The van der Waals surface area contributed by atoms with Gasteiger partial charge in [0.25, 0.3) is 5.91 Å². The van der Waals surface area contributed by atoms with Gasteiger partial charge in [-0.1, -0.05) is 49.5 Å². The lowest BCUT2D eigenvalue weighted by atomic mass is 9.94. The number of hydrogen-bond acceptors (Lipinski definition) is 4. The molecule has 0 spiro atoms. The fraction of sp³-hybridized carbons (Fsp3) is 0.409. The Morgan fingerprint density at radius 3 is 2.41 bits per heavy atom. The van der Waals surface area contributed by atoms with Gasteiger partial charge in [-0.05, 0) is 49.3 Å². The zero-order valence-corrected chi connectivity index (χ0v) is 20.1. The van der Waals surface area contributed by atoms with E-state index in [4.69, 9.17) is 23.2 Å². The van der Waals surface area contributed by atoms with Crippen molar-refractivity contribution in [3.8, 4) is 0 Å². The number of benzene rings is 1. The quantitative estimate of drug-likeness (QED) is 0.387. The van der Waals surface area contributed by atoms with Crippen molar-refractivity contribution in [3.05, 3.63) is 44.2 Å². The third kappa shape index (κ3) is 5.36. The zero-order chi connectivity index (χ0) is 23.4. The lowest BCUT2D eigenvalue weighted by molar-refractivity contribution is -0.140. The molecule has 32 heavy (non-hydrogen) atoms. The van der Waals surface area contributed by atoms with E-state index in [1.54, 1.807) is 25.1 Å². The van der Waals surface area contributed by atoms with Crippen LogP contribution in [0.15, 0.2) is 18.2 Å². The number of aryl methyl sites for hydroxylation is 1. The van der Waals surface area contributed by atoms with Crippen molar-refractivity contribution in [1.82, 2.24) is 5.32 Å². The summed E-state index contributed by atoms with van der Waals surface area (Å²) in [5.74, 6) is -1.83. The average Bonchev–Trinajstić information content (AvgIpc) is 3.11. The number of amides is 3. The lowest BCUT2D eigenvalue weighted by Gasteiger charge is -2.21. The molecule has 2 atom stereocenters. The van der Waals surface area contributed by atoms with Gasteiger partial charge in [0.05, 0.1) is 21.3 Å². The SMILES string of the molecule is CC[C@H](C)[C@H](NC(=O)c1c(NC(=O)Nc2c(Cl)cccc2Cl)sc2c1CCCC2)C(=O)O. The van der Waals surface area contributed by atoms with Crippen molar-refractivity contribution < 1.29 is 19.5 Å². The van der Waals surface area contributed by atoms with Gasteiger partial charge in [0.2, 0.25) is 0 Å². The minimum atomic E-state index is -1.09. The molecule has 0 aliphatic heterocycles.